The zero-order valence-electron chi connectivity index (χ0n) is 5.95. The molecule has 0 amide bonds. The van der Waals surface area contributed by atoms with Crippen molar-refractivity contribution in [3.8, 4) is 6.07 Å². The fourth-order valence-corrected chi connectivity index (χ4v) is 1.01. The molecule has 2 rings (SSSR count). The summed E-state index contributed by atoms with van der Waals surface area (Å²) in [5.74, 6) is 0. The molecule has 54 valence electrons. The fourth-order valence-electron chi connectivity index (χ4n) is 1.01. The molecule has 1 aliphatic heterocycles. The van der Waals surface area contributed by atoms with Gasteiger partial charge < -0.3 is 4.74 Å². The maximum atomic E-state index is 8.50. The molecule has 2 nitrogen and oxygen atoms in total. The Kier molecular flexibility index (Phi) is 1.38. The second-order valence-corrected chi connectivity index (χ2v) is 2.56. The van der Waals surface area contributed by atoms with Crippen molar-refractivity contribution in [2.24, 2.45) is 0 Å². The van der Waals surface area contributed by atoms with Gasteiger partial charge in [0.05, 0.1) is 18.2 Å². The van der Waals surface area contributed by atoms with Crippen molar-refractivity contribution in [2.45, 2.75) is 6.10 Å². The average Bonchev–Trinajstić information content (AvgIpc) is 2.87. The Morgan fingerprint density at radius 3 is 2.45 bits per heavy atom. The van der Waals surface area contributed by atoms with Gasteiger partial charge in [0.2, 0.25) is 0 Å². The van der Waals surface area contributed by atoms with E-state index < -0.39 is 0 Å². The van der Waals surface area contributed by atoms with Crippen LogP contribution in [0, 0.1) is 11.3 Å². The summed E-state index contributed by atoms with van der Waals surface area (Å²) in [5.41, 5.74) is 1.87. The Morgan fingerprint density at radius 2 is 2.00 bits per heavy atom. The highest BCUT2D eigenvalue weighted by molar-refractivity contribution is 5.33. The lowest BCUT2D eigenvalue weighted by Gasteiger charge is -1.93. The summed E-state index contributed by atoms with van der Waals surface area (Å²) in [6.45, 7) is 0.825. The molecule has 0 bridgehead atoms. The third kappa shape index (κ3) is 1.24. The van der Waals surface area contributed by atoms with E-state index in [1.165, 1.54) is 5.56 Å². The minimum atomic E-state index is 0.294. The van der Waals surface area contributed by atoms with Crippen LogP contribution in [0.1, 0.15) is 17.2 Å². The Morgan fingerprint density at radius 1 is 1.36 bits per heavy atom. The van der Waals surface area contributed by atoms with Gasteiger partial charge in [-0.1, -0.05) is 12.1 Å². The van der Waals surface area contributed by atoms with Crippen molar-refractivity contribution < 1.29 is 4.74 Å². The minimum absolute atomic E-state index is 0.294. The fraction of sp³-hybridized carbons (Fsp3) is 0.222. The SMILES string of the molecule is N#Cc1ccc([C@@H]2CO2)cc1. The van der Waals surface area contributed by atoms with Crippen LogP contribution < -0.4 is 0 Å². The molecule has 11 heavy (non-hydrogen) atoms. The molecule has 2 heteroatoms. The van der Waals surface area contributed by atoms with Crippen molar-refractivity contribution in [1.82, 2.24) is 0 Å². The van der Waals surface area contributed by atoms with Crippen molar-refractivity contribution >= 4 is 0 Å². The normalized spacial score (nSPS) is 20.8. The number of hydrogen-bond acceptors (Lipinski definition) is 2. The van der Waals surface area contributed by atoms with Gasteiger partial charge in [-0.3, -0.25) is 0 Å². The number of benzene rings is 1. The van der Waals surface area contributed by atoms with Crippen LogP contribution in [0.25, 0.3) is 0 Å². The highest BCUT2D eigenvalue weighted by Crippen LogP contribution is 2.29. The largest absolute Gasteiger partial charge is 0.368 e. The van der Waals surface area contributed by atoms with Crippen LogP contribution in [-0.4, -0.2) is 6.61 Å². The molecule has 1 atom stereocenters. The molecule has 1 fully saturated rings. The van der Waals surface area contributed by atoms with E-state index in [1.54, 1.807) is 0 Å². The smallest absolute Gasteiger partial charge is 0.106 e. The van der Waals surface area contributed by atoms with Crippen molar-refractivity contribution in [3.05, 3.63) is 35.4 Å². The van der Waals surface area contributed by atoms with Crippen LogP contribution in [0.5, 0.6) is 0 Å². The van der Waals surface area contributed by atoms with Crippen LogP contribution in [0.4, 0.5) is 0 Å². The molecular formula is C9H7NO. The molecule has 0 unspecified atom stereocenters. The lowest BCUT2D eigenvalue weighted by atomic mass is 10.1. The number of ether oxygens (including phenoxy) is 1. The quantitative estimate of drug-likeness (QED) is 0.563. The van der Waals surface area contributed by atoms with E-state index in [1.807, 2.05) is 24.3 Å². The van der Waals surface area contributed by atoms with Gasteiger partial charge in [0.1, 0.15) is 6.10 Å². The van der Waals surface area contributed by atoms with Crippen LogP contribution >= 0.6 is 0 Å². The first-order chi connectivity index (χ1) is 5.40. The van der Waals surface area contributed by atoms with E-state index >= 15 is 0 Å². The van der Waals surface area contributed by atoms with Crippen molar-refractivity contribution in [1.29, 1.82) is 5.26 Å². The zero-order valence-corrected chi connectivity index (χ0v) is 5.95. The summed E-state index contributed by atoms with van der Waals surface area (Å²) in [4.78, 5) is 0. The highest BCUT2D eigenvalue weighted by atomic mass is 16.6. The maximum Gasteiger partial charge on any atom is 0.106 e. The molecule has 1 saturated heterocycles. The topological polar surface area (TPSA) is 36.3 Å². The van der Waals surface area contributed by atoms with Gasteiger partial charge in [0, 0.05) is 0 Å². The summed E-state index contributed by atoms with van der Waals surface area (Å²) in [7, 11) is 0. The first kappa shape index (κ1) is 6.38. The average molecular weight is 145 g/mol. The molecule has 1 aromatic rings. The van der Waals surface area contributed by atoms with Crippen molar-refractivity contribution in [3.63, 3.8) is 0 Å². The van der Waals surface area contributed by atoms with Gasteiger partial charge in [-0.25, -0.2) is 0 Å². The molecule has 0 radical (unpaired) electrons. The van der Waals surface area contributed by atoms with Gasteiger partial charge >= 0.3 is 0 Å². The van der Waals surface area contributed by atoms with Crippen molar-refractivity contribution in [2.75, 3.05) is 6.61 Å². The molecule has 0 aliphatic carbocycles. The van der Waals surface area contributed by atoms with Crippen LogP contribution in [0.3, 0.4) is 0 Å². The van der Waals surface area contributed by atoms with E-state index in [4.69, 9.17) is 10.00 Å². The van der Waals surface area contributed by atoms with Gasteiger partial charge in [-0.15, -0.1) is 0 Å². The Bertz CT molecular complexity index is 292. The maximum absolute atomic E-state index is 8.50. The number of rotatable bonds is 1. The predicted octanol–water partition coefficient (Wildman–Crippen LogP) is 1.63. The summed E-state index contributed by atoms with van der Waals surface area (Å²) in [6, 6.07) is 9.59. The molecular weight excluding hydrogens is 138 g/mol. The summed E-state index contributed by atoms with van der Waals surface area (Å²) >= 11 is 0. The predicted molar refractivity (Wildman–Crippen MR) is 39.9 cm³/mol. The highest BCUT2D eigenvalue weighted by Gasteiger charge is 2.23. The van der Waals surface area contributed by atoms with Gasteiger partial charge in [-0.2, -0.15) is 5.26 Å². The summed E-state index contributed by atoms with van der Waals surface area (Å²) in [6.07, 6.45) is 0.294. The van der Waals surface area contributed by atoms with E-state index in [0.29, 0.717) is 11.7 Å². The number of epoxide rings is 1. The third-order valence-electron chi connectivity index (χ3n) is 1.74. The third-order valence-corrected chi connectivity index (χ3v) is 1.74. The minimum Gasteiger partial charge on any atom is -0.368 e. The molecule has 0 saturated carbocycles. The van der Waals surface area contributed by atoms with E-state index in [2.05, 4.69) is 6.07 Å². The Labute approximate surface area is 65.0 Å². The standard InChI is InChI=1S/C9H7NO/c10-5-7-1-3-8(4-2-7)9-6-11-9/h1-4,9H,6H2/t9-/m0/s1. The van der Waals surface area contributed by atoms with Crippen LogP contribution in [0.2, 0.25) is 0 Å². The number of nitrogens with zero attached hydrogens (tertiary/aromatic N) is 1. The van der Waals surface area contributed by atoms with Crippen LogP contribution in [-0.2, 0) is 4.74 Å². The molecule has 1 heterocycles. The second kappa shape index (κ2) is 2.37. The van der Waals surface area contributed by atoms with Crippen LogP contribution in [0.15, 0.2) is 24.3 Å². The second-order valence-electron chi connectivity index (χ2n) is 2.56. The first-order valence-electron chi connectivity index (χ1n) is 3.52. The lowest BCUT2D eigenvalue weighted by Crippen LogP contribution is -1.80. The summed E-state index contributed by atoms with van der Waals surface area (Å²) in [5, 5.41) is 8.50. The van der Waals surface area contributed by atoms with Gasteiger partial charge in [-0.05, 0) is 17.7 Å². The lowest BCUT2D eigenvalue weighted by molar-refractivity contribution is 0.415. The molecule has 0 aromatic heterocycles. The van der Waals surface area contributed by atoms with Gasteiger partial charge in [0.25, 0.3) is 0 Å². The van der Waals surface area contributed by atoms with E-state index in [9.17, 15) is 0 Å². The van der Waals surface area contributed by atoms with Gasteiger partial charge in [0.15, 0.2) is 0 Å². The Hall–Kier alpha value is -1.33. The molecule has 0 N–H and O–H groups in total. The summed E-state index contributed by atoms with van der Waals surface area (Å²) < 4.78 is 5.09. The van der Waals surface area contributed by atoms with E-state index in [0.717, 1.165) is 6.61 Å². The Balaban J connectivity index is 2.27. The first-order valence-corrected chi connectivity index (χ1v) is 3.52. The molecule has 1 aromatic carbocycles. The zero-order chi connectivity index (χ0) is 7.68. The monoisotopic (exact) mass is 145 g/mol. The van der Waals surface area contributed by atoms with E-state index in [-0.39, 0.29) is 0 Å². The molecule has 1 aliphatic rings. The molecule has 0 spiro atoms. The number of nitriles is 1. The number of hydrogen-bond donors (Lipinski definition) is 0.